The molecule has 4 nitrogen and oxygen atoms in total. The molecule has 0 aliphatic rings. The van der Waals surface area contributed by atoms with Gasteiger partial charge in [-0.05, 0) is 25.3 Å². The molecule has 1 unspecified atom stereocenters. The van der Waals surface area contributed by atoms with E-state index in [1.807, 2.05) is 33.8 Å². The van der Waals surface area contributed by atoms with Crippen molar-refractivity contribution in [2.75, 3.05) is 0 Å². The van der Waals surface area contributed by atoms with Crippen LogP contribution in [-0.4, -0.2) is 21.0 Å². The third-order valence-corrected chi connectivity index (χ3v) is 2.50. The number of hydrogen-bond donors (Lipinski definition) is 1. The van der Waals surface area contributed by atoms with Crippen LogP contribution >= 0.6 is 0 Å². The number of aryl methyl sites for hydroxylation is 1. The predicted molar refractivity (Wildman–Crippen MR) is 61.5 cm³/mol. The molecule has 0 amide bonds. The van der Waals surface area contributed by atoms with E-state index in [-0.39, 0.29) is 5.92 Å². The Kier molecular flexibility index (Phi) is 3.99. The van der Waals surface area contributed by atoms with Gasteiger partial charge in [-0.2, -0.15) is 0 Å². The Bertz CT molecular complexity index is 389. The molecule has 1 atom stereocenters. The summed E-state index contributed by atoms with van der Waals surface area (Å²) in [6.07, 6.45) is 0.510. The summed E-state index contributed by atoms with van der Waals surface area (Å²) in [4.78, 5) is 19.6. The molecule has 0 radical (unpaired) electrons. The van der Waals surface area contributed by atoms with Gasteiger partial charge in [0.25, 0.3) is 0 Å². The monoisotopic (exact) mass is 222 g/mol. The minimum Gasteiger partial charge on any atom is -0.481 e. The first-order valence-corrected chi connectivity index (χ1v) is 5.54. The largest absolute Gasteiger partial charge is 0.481 e. The molecule has 0 saturated carbocycles. The minimum absolute atomic E-state index is 0.284. The van der Waals surface area contributed by atoms with Gasteiger partial charge in [-0.25, -0.2) is 9.97 Å². The maximum Gasteiger partial charge on any atom is 0.314 e. The van der Waals surface area contributed by atoms with Gasteiger partial charge in [0.05, 0.1) is 0 Å². The number of aliphatic carboxylic acids is 1. The summed E-state index contributed by atoms with van der Waals surface area (Å²) in [6.45, 7) is 7.77. The van der Waals surface area contributed by atoms with Crippen molar-refractivity contribution in [1.82, 2.24) is 9.97 Å². The second-order valence-corrected chi connectivity index (χ2v) is 4.25. The van der Waals surface area contributed by atoms with Gasteiger partial charge in [-0.3, -0.25) is 4.79 Å². The average Bonchev–Trinajstić information content (AvgIpc) is 2.17. The molecule has 0 fully saturated rings. The lowest BCUT2D eigenvalue weighted by Gasteiger charge is -2.12. The van der Waals surface area contributed by atoms with E-state index in [1.54, 1.807) is 0 Å². The molecule has 0 aromatic carbocycles. The van der Waals surface area contributed by atoms with E-state index in [2.05, 4.69) is 9.97 Å². The summed E-state index contributed by atoms with van der Waals surface area (Å²) < 4.78 is 0. The Labute approximate surface area is 95.7 Å². The molecule has 4 heteroatoms. The third-order valence-electron chi connectivity index (χ3n) is 2.50. The quantitative estimate of drug-likeness (QED) is 0.850. The van der Waals surface area contributed by atoms with Crippen LogP contribution < -0.4 is 0 Å². The lowest BCUT2D eigenvalue weighted by atomic mass is 10.0. The van der Waals surface area contributed by atoms with E-state index in [9.17, 15) is 4.79 Å². The zero-order valence-corrected chi connectivity index (χ0v) is 10.2. The molecule has 1 heterocycles. The second kappa shape index (κ2) is 5.05. The fraction of sp³-hybridized carbons (Fsp3) is 0.583. The van der Waals surface area contributed by atoms with Gasteiger partial charge >= 0.3 is 5.97 Å². The molecule has 1 N–H and O–H groups in total. The molecule has 0 spiro atoms. The van der Waals surface area contributed by atoms with Crippen molar-refractivity contribution >= 4 is 5.97 Å². The molecule has 16 heavy (non-hydrogen) atoms. The summed E-state index contributed by atoms with van der Waals surface area (Å²) in [5.41, 5.74) is 1.73. The Hall–Kier alpha value is -1.45. The SMILES string of the molecule is CCC(C(=O)O)c1nc(C)cc(C(C)C)n1. The van der Waals surface area contributed by atoms with Gasteiger partial charge in [0, 0.05) is 11.4 Å². The van der Waals surface area contributed by atoms with Crippen LogP contribution in [0.1, 0.15) is 56.2 Å². The molecule has 0 aliphatic heterocycles. The lowest BCUT2D eigenvalue weighted by Crippen LogP contribution is -2.15. The first-order chi connectivity index (χ1) is 7.45. The van der Waals surface area contributed by atoms with E-state index < -0.39 is 11.9 Å². The molecule has 0 aliphatic carbocycles. The normalized spacial score (nSPS) is 12.8. The fourth-order valence-corrected chi connectivity index (χ4v) is 1.54. The highest BCUT2D eigenvalue weighted by Gasteiger charge is 2.21. The molecule has 0 saturated heterocycles. The van der Waals surface area contributed by atoms with Gasteiger partial charge < -0.3 is 5.11 Å². The number of carbonyl (C=O) groups is 1. The fourth-order valence-electron chi connectivity index (χ4n) is 1.54. The van der Waals surface area contributed by atoms with Crippen molar-refractivity contribution in [3.63, 3.8) is 0 Å². The molecular weight excluding hydrogens is 204 g/mol. The lowest BCUT2D eigenvalue weighted by molar-refractivity contribution is -0.139. The summed E-state index contributed by atoms with van der Waals surface area (Å²) >= 11 is 0. The van der Waals surface area contributed by atoms with E-state index in [0.29, 0.717) is 12.2 Å². The van der Waals surface area contributed by atoms with Crippen molar-refractivity contribution in [2.45, 2.75) is 46.0 Å². The first-order valence-electron chi connectivity index (χ1n) is 5.54. The van der Waals surface area contributed by atoms with Crippen LogP contribution in [0.3, 0.4) is 0 Å². The van der Waals surface area contributed by atoms with E-state index in [0.717, 1.165) is 11.4 Å². The van der Waals surface area contributed by atoms with Gasteiger partial charge in [0.1, 0.15) is 11.7 Å². The van der Waals surface area contributed by atoms with Gasteiger partial charge in [0.15, 0.2) is 0 Å². The van der Waals surface area contributed by atoms with Crippen molar-refractivity contribution in [2.24, 2.45) is 0 Å². The van der Waals surface area contributed by atoms with Gasteiger partial charge in [-0.15, -0.1) is 0 Å². The average molecular weight is 222 g/mol. The van der Waals surface area contributed by atoms with Crippen LogP contribution in [0, 0.1) is 6.92 Å². The van der Waals surface area contributed by atoms with E-state index >= 15 is 0 Å². The Morgan fingerprint density at radius 2 is 2.06 bits per heavy atom. The molecule has 88 valence electrons. The smallest absolute Gasteiger partial charge is 0.314 e. The van der Waals surface area contributed by atoms with Gasteiger partial charge in [0.2, 0.25) is 0 Å². The second-order valence-electron chi connectivity index (χ2n) is 4.25. The summed E-state index contributed by atoms with van der Waals surface area (Å²) in [5, 5.41) is 9.07. The Morgan fingerprint density at radius 1 is 1.44 bits per heavy atom. The van der Waals surface area contributed by atoms with Crippen molar-refractivity contribution < 1.29 is 9.90 Å². The number of nitrogens with zero attached hydrogens (tertiary/aromatic N) is 2. The summed E-state index contributed by atoms with van der Waals surface area (Å²) in [5.74, 6) is -0.745. The van der Waals surface area contributed by atoms with Crippen LogP contribution in [-0.2, 0) is 4.79 Å². The molecule has 1 rings (SSSR count). The van der Waals surface area contributed by atoms with Crippen molar-refractivity contribution in [1.29, 1.82) is 0 Å². The predicted octanol–water partition coefficient (Wildman–Crippen LogP) is 2.49. The molecule has 1 aromatic heterocycles. The van der Waals surface area contributed by atoms with Gasteiger partial charge in [-0.1, -0.05) is 20.8 Å². The first kappa shape index (κ1) is 12.6. The maximum absolute atomic E-state index is 11.0. The Morgan fingerprint density at radius 3 is 2.50 bits per heavy atom. The van der Waals surface area contributed by atoms with Crippen LogP contribution in [0.15, 0.2) is 6.07 Å². The van der Waals surface area contributed by atoms with E-state index in [1.165, 1.54) is 0 Å². The standard InChI is InChI=1S/C12H18N2O2/c1-5-9(12(15)16)11-13-8(4)6-10(14-11)7(2)3/h6-7,9H,5H2,1-4H3,(H,15,16). The summed E-state index contributed by atoms with van der Waals surface area (Å²) in [6, 6.07) is 1.91. The molecule has 1 aromatic rings. The topological polar surface area (TPSA) is 63.1 Å². The highest BCUT2D eigenvalue weighted by molar-refractivity contribution is 5.74. The number of carboxylic acid groups (broad SMARTS) is 1. The van der Waals surface area contributed by atoms with Crippen molar-refractivity contribution in [3.05, 3.63) is 23.3 Å². The number of rotatable bonds is 4. The summed E-state index contributed by atoms with van der Waals surface area (Å²) in [7, 11) is 0. The number of hydrogen-bond acceptors (Lipinski definition) is 3. The zero-order chi connectivity index (χ0) is 12.3. The zero-order valence-electron chi connectivity index (χ0n) is 10.2. The Balaban J connectivity index is 3.17. The van der Waals surface area contributed by atoms with Crippen LogP contribution in [0.2, 0.25) is 0 Å². The number of aromatic nitrogens is 2. The molecule has 0 bridgehead atoms. The van der Waals surface area contributed by atoms with Crippen LogP contribution in [0.5, 0.6) is 0 Å². The van der Waals surface area contributed by atoms with Crippen molar-refractivity contribution in [3.8, 4) is 0 Å². The number of carboxylic acids is 1. The van der Waals surface area contributed by atoms with Crippen LogP contribution in [0.4, 0.5) is 0 Å². The molecular formula is C12H18N2O2. The minimum atomic E-state index is -0.859. The third kappa shape index (κ3) is 2.78. The van der Waals surface area contributed by atoms with Crippen LogP contribution in [0.25, 0.3) is 0 Å². The maximum atomic E-state index is 11.0. The highest BCUT2D eigenvalue weighted by atomic mass is 16.4. The highest BCUT2D eigenvalue weighted by Crippen LogP contribution is 2.19. The van der Waals surface area contributed by atoms with E-state index in [4.69, 9.17) is 5.11 Å².